The Hall–Kier alpha value is -0.120. The van der Waals surface area contributed by atoms with Gasteiger partial charge in [0, 0.05) is 25.2 Å². The maximum atomic E-state index is 5.60. The average molecular weight is 270 g/mol. The van der Waals surface area contributed by atoms with E-state index in [1.807, 2.05) is 0 Å². The number of likely N-dealkylation sites (N-methyl/N-ethyl adjacent to an activating group) is 1. The summed E-state index contributed by atoms with van der Waals surface area (Å²) < 4.78 is 5.60. The molecule has 0 radical (unpaired) electrons. The highest BCUT2D eigenvalue weighted by atomic mass is 16.5. The van der Waals surface area contributed by atoms with E-state index < -0.39 is 0 Å². The van der Waals surface area contributed by atoms with Crippen molar-refractivity contribution in [1.82, 2.24) is 10.2 Å². The van der Waals surface area contributed by atoms with Gasteiger partial charge in [-0.05, 0) is 39.3 Å². The molecule has 1 aliphatic carbocycles. The molecule has 1 N–H and O–H groups in total. The third-order valence-corrected chi connectivity index (χ3v) is 4.54. The van der Waals surface area contributed by atoms with Crippen molar-refractivity contribution in [3.8, 4) is 0 Å². The lowest BCUT2D eigenvalue weighted by Gasteiger charge is -2.45. The van der Waals surface area contributed by atoms with E-state index in [1.54, 1.807) is 0 Å². The molecule has 2 unspecified atom stereocenters. The van der Waals surface area contributed by atoms with Gasteiger partial charge in [-0.3, -0.25) is 0 Å². The van der Waals surface area contributed by atoms with E-state index in [2.05, 4.69) is 38.2 Å². The zero-order valence-corrected chi connectivity index (χ0v) is 13.5. The average Bonchev–Trinajstić information content (AvgIpc) is 2.37. The molecule has 114 valence electrons. The zero-order chi connectivity index (χ0) is 14.1. The minimum atomic E-state index is 0.362. The molecule has 1 saturated carbocycles. The second-order valence-electron chi connectivity index (χ2n) is 6.46. The van der Waals surface area contributed by atoms with Gasteiger partial charge in [0.2, 0.25) is 0 Å². The highest BCUT2D eigenvalue weighted by molar-refractivity contribution is 4.94. The molecule has 0 amide bonds. The van der Waals surface area contributed by atoms with Crippen LogP contribution in [0.4, 0.5) is 0 Å². The molecule has 1 rings (SSSR count). The summed E-state index contributed by atoms with van der Waals surface area (Å²) in [4.78, 5) is 2.44. The number of rotatable bonds is 9. The largest absolute Gasteiger partial charge is 0.380 e. The molecule has 0 bridgehead atoms. The van der Waals surface area contributed by atoms with Gasteiger partial charge in [-0.1, -0.05) is 33.1 Å². The van der Waals surface area contributed by atoms with E-state index in [1.165, 1.54) is 38.5 Å². The molecule has 0 aromatic heterocycles. The van der Waals surface area contributed by atoms with E-state index in [0.717, 1.165) is 32.2 Å². The quantitative estimate of drug-likeness (QED) is 0.652. The summed E-state index contributed by atoms with van der Waals surface area (Å²) in [5.74, 6) is 0.860. The molecule has 2 atom stereocenters. The topological polar surface area (TPSA) is 24.5 Å². The standard InChI is InChI=1S/C16H34N2O/c1-5-6-11-19-12-10-17-14-16(18(3)4)9-7-8-15(2)13-16/h15,17H,5-14H2,1-4H3. The Balaban J connectivity index is 2.23. The highest BCUT2D eigenvalue weighted by Gasteiger charge is 2.36. The number of hydrogen-bond donors (Lipinski definition) is 1. The predicted molar refractivity (Wildman–Crippen MR) is 82.6 cm³/mol. The minimum Gasteiger partial charge on any atom is -0.380 e. The van der Waals surface area contributed by atoms with E-state index >= 15 is 0 Å². The summed E-state index contributed by atoms with van der Waals surface area (Å²) >= 11 is 0. The molecule has 3 heteroatoms. The summed E-state index contributed by atoms with van der Waals surface area (Å²) in [5.41, 5.74) is 0.362. The van der Waals surface area contributed by atoms with Gasteiger partial charge < -0.3 is 15.0 Å². The summed E-state index contributed by atoms with van der Waals surface area (Å²) in [6.07, 6.45) is 7.82. The summed E-state index contributed by atoms with van der Waals surface area (Å²) in [6.45, 7) is 8.43. The van der Waals surface area contributed by atoms with Crippen molar-refractivity contribution < 1.29 is 4.74 Å². The van der Waals surface area contributed by atoms with Crippen LogP contribution in [-0.4, -0.2) is 50.8 Å². The van der Waals surface area contributed by atoms with Gasteiger partial charge in [-0.2, -0.15) is 0 Å². The van der Waals surface area contributed by atoms with Crippen molar-refractivity contribution in [2.45, 2.75) is 57.9 Å². The molecule has 3 nitrogen and oxygen atoms in total. The second kappa shape index (κ2) is 8.93. The molecule has 1 fully saturated rings. The molecule has 0 aliphatic heterocycles. The maximum Gasteiger partial charge on any atom is 0.0590 e. The minimum absolute atomic E-state index is 0.362. The fourth-order valence-electron chi connectivity index (χ4n) is 3.17. The first-order valence-electron chi connectivity index (χ1n) is 8.06. The van der Waals surface area contributed by atoms with Crippen LogP contribution in [0.1, 0.15) is 52.4 Å². The molecule has 0 heterocycles. The fraction of sp³-hybridized carbons (Fsp3) is 1.00. The van der Waals surface area contributed by atoms with E-state index in [9.17, 15) is 0 Å². The van der Waals surface area contributed by atoms with Gasteiger partial charge >= 0.3 is 0 Å². The van der Waals surface area contributed by atoms with Crippen LogP contribution in [0, 0.1) is 5.92 Å². The van der Waals surface area contributed by atoms with Crippen molar-refractivity contribution in [2.75, 3.05) is 40.4 Å². The van der Waals surface area contributed by atoms with Crippen LogP contribution in [0.5, 0.6) is 0 Å². The zero-order valence-electron chi connectivity index (χ0n) is 13.5. The maximum absolute atomic E-state index is 5.60. The van der Waals surface area contributed by atoms with Gasteiger partial charge in [0.1, 0.15) is 0 Å². The number of nitrogens with zero attached hydrogens (tertiary/aromatic N) is 1. The Labute approximate surface area is 120 Å². The van der Waals surface area contributed by atoms with Crippen molar-refractivity contribution in [1.29, 1.82) is 0 Å². The number of unbranched alkanes of at least 4 members (excludes halogenated alkanes) is 1. The van der Waals surface area contributed by atoms with Gasteiger partial charge in [0.05, 0.1) is 6.61 Å². The van der Waals surface area contributed by atoms with Gasteiger partial charge in [0.25, 0.3) is 0 Å². The monoisotopic (exact) mass is 270 g/mol. The number of ether oxygens (including phenoxy) is 1. The first-order valence-corrected chi connectivity index (χ1v) is 8.06. The highest BCUT2D eigenvalue weighted by Crippen LogP contribution is 2.35. The normalized spacial score (nSPS) is 27.9. The van der Waals surface area contributed by atoms with Crippen molar-refractivity contribution in [3.63, 3.8) is 0 Å². The van der Waals surface area contributed by atoms with Crippen LogP contribution in [0.2, 0.25) is 0 Å². The van der Waals surface area contributed by atoms with E-state index in [4.69, 9.17) is 4.74 Å². The summed E-state index contributed by atoms with van der Waals surface area (Å²) in [5, 5.41) is 3.61. The molecular formula is C16H34N2O. The van der Waals surface area contributed by atoms with Gasteiger partial charge in [-0.15, -0.1) is 0 Å². The van der Waals surface area contributed by atoms with Crippen LogP contribution < -0.4 is 5.32 Å². The fourth-order valence-corrected chi connectivity index (χ4v) is 3.17. The van der Waals surface area contributed by atoms with Crippen molar-refractivity contribution in [2.24, 2.45) is 5.92 Å². The molecule has 0 saturated heterocycles. The summed E-state index contributed by atoms with van der Waals surface area (Å²) in [6, 6.07) is 0. The lowest BCUT2D eigenvalue weighted by Crippen LogP contribution is -2.54. The Bertz CT molecular complexity index is 233. The molecule has 1 aliphatic rings. The SMILES string of the molecule is CCCCOCCNCC1(N(C)C)CCCC(C)C1. The molecule has 0 aromatic carbocycles. The Morgan fingerprint density at radius 3 is 2.74 bits per heavy atom. The molecule has 0 spiro atoms. The first kappa shape index (κ1) is 16.9. The molecular weight excluding hydrogens is 236 g/mol. The third-order valence-electron chi connectivity index (χ3n) is 4.54. The van der Waals surface area contributed by atoms with E-state index in [0.29, 0.717) is 5.54 Å². The van der Waals surface area contributed by atoms with Crippen LogP contribution in [0.25, 0.3) is 0 Å². The third kappa shape index (κ3) is 5.80. The van der Waals surface area contributed by atoms with Crippen molar-refractivity contribution in [3.05, 3.63) is 0 Å². The number of nitrogens with one attached hydrogen (secondary N) is 1. The smallest absolute Gasteiger partial charge is 0.0590 e. The van der Waals surface area contributed by atoms with Crippen LogP contribution in [-0.2, 0) is 4.74 Å². The van der Waals surface area contributed by atoms with Gasteiger partial charge in [-0.25, -0.2) is 0 Å². The van der Waals surface area contributed by atoms with Crippen molar-refractivity contribution >= 4 is 0 Å². The second-order valence-corrected chi connectivity index (χ2v) is 6.46. The molecule has 19 heavy (non-hydrogen) atoms. The Kier molecular flexibility index (Phi) is 7.96. The van der Waals surface area contributed by atoms with Crippen LogP contribution in [0.3, 0.4) is 0 Å². The van der Waals surface area contributed by atoms with Crippen LogP contribution in [0.15, 0.2) is 0 Å². The Morgan fingerprint density at radius 1 is 1.32 bits per heavy atom. The Morgan fingerprint density at radius 2 is 2.11 bits per heavy atom. The first-order chi connectivity index (χ1) is 9.10. The molecule has 0 aromatic rings. The van der Waals surface area contributed by atoms with Gasteiger partial charge in [0.15, 0.2) is 0 Å². The lowest BCUT2D eigenvalue weighted by molar-refractivity contribution is 0.0705. The lowest BCUT2D eigenvalue weighted by atomic mass is 9.75. The predicted octanol–water partition coefficient (Wildman–Crippen LogP) is 2.90. The summed E-state index contributed by atoms with van der Waals surface area (Å²) in [7, 11) is 4.47. The van der Waals surface area contributed by atoms with Crippen LogP contribution >= 0.6 is 0 Å². The van der Waals surface area contributed by atoms with E-state index in [-0.39, 0.29) is 0 Å². The number of hydrogen-bond acceptors (Lipinski definition) is 3.